The van der Waals surface area contributed by atoms with Crippen LogP contribution in [0.5, 0.6) is 11.6 Å². The molecule has 0 unspecified atom stereocenters. The van der Waals surface area contributed by atoms with E-state index in [0.29, 0.717) is 28.4 Å². The molecule has 0 spiro atoms. The smallest absolute Gasteiger partial charge is 0.255 e. The minimum Gasteiger partial charge on any atom is -0.438 e. The molecule has 26 heavy (non-hydrogen) atoms. The lowest BCUT2D eigenvalue weighted by atomic mass is 10.1. The van der Waals surface area contributed by atoms with E-state index in [1.54, 1.807) is 60.7 Å². The Labute approximate surface area is 149 Å². The molecule has 7 heteroatoms. The summed E-state index contributed by atoms with van der Waals surface area (Å²) in [7, 11) is 0. The normalized spacial score (nSPS) is 10.2. The molecule has 2 amide bonds. The van der Waals surface area contributed by atoms with Crippen LogP contribution in [0, 0.1) is 6.92 Å². The van der Waals surface area contributed by atoms with Crippen molar-refractivity contribution in [1.29, 1.82) is 0 Å². The van der Waals surface area contributed by atoms with Crippen LogP contribution in [-0.4, -0.2) is 22.0 Å². The van der Waals surface area contributed by atoms with E-state index < -0.39 is 5.91 Å². The number of primary amides is 1. The summed E-state index contributed by atoms with van der Waals surface area (Å²) in [5.41, 5.74) is 7.39. The number of nitrogens with one attached hydrogen (secondary N) is 1. The standard InChI is InChI=1S/C19H16N4O3/c1-12-2-11-17(23-22-12)26-16-9-5-14(6-10-16)19(25)21-15-7-3-13(4-8-15)18(20)24/h2-11H,1H3,(H2,20,24)(H,21,25). The van der Waals surface area contributed by atoms with Crippen LogP contribution in [0.1, 0.15) is 26.4 Å². The Bertz CT molecular complexity index is 921. The van der Waals surface area contributed by atoms with Crippen molar-refractivity contribution in [2.24, 2.45) is 5.73 Å². The van der Waals surface area contributed by atoms with Crippen LogP contribution < -0.4 is 15.8 Å². The van der Waals surface area contributed by atoms with E-state index in [1.165, 1.54) is 0 Å². The van der Waals surface area contributed by atoms with E-state index in [4.69, 9.17) is 10.5 Å². The maximum atomic E-state index is 12.3. The van der Waals surface area contributed by atoms with E-state index in [2.05, 4.69) is 15.5 Å². The summed E-state index contributed by atoms with van der Waals surface area (Å²) >= 11 is 0. The molecule has 7 nitrogen and oxygen atoms in total. The maximum Gasteiger partial charge on any atom is 0.255 e. The van der Waals surface area contributed by atoms with E-state index in [-0.39, 0.29) is 5.91 Å². The monoisotopic (exact) mass is 348 g/mol. The third-order valence-electron chi connectivity index (χ3n) is 3.54. The number of ether oxygens (including phenoxy) is 1. The van der Waals surface area contributed by atoms with Crippen molar-refractivity contribution in [3.05, 3.63) is 77.5 Å². The number of anilines is 1. The molecular weight excluding hydrogens is 332 g/mol. The molecule has 3 N–H and O–H groups in total. The topological polar surface area (TPSA) is 107 Å². The largest absolute Gasteiger partial charge is 0.438 e. The van der Waals surface area contributed by atoms with Crippen molar-refractivity contribution >= 4 is 17.5 Å². The van der Waals surface area contributed by atoms with Gasteiger partial charge in [0.15, 0.2) is 0 Å². The molecule has 1 aromatic heterocycles. The molecule has 0 aliphatic carbocycles. The number of aromatic nitrogens is 2. The Morgan fingerprint density at radius 2 is 1.54 bits per heavy atom. The summed E-state index contributed by atoms with van der Waals surface area (Å²) in [4.78, 5) is 23.3. The van der Waals surface area contributed by atoms with Crippen LogP contribution in [0.15, 0.2) is 60.7 Å². The molecule has 0 bridgehead atoms. The number of carbonyl (C=O) groups excluding carboxylic acids is 2. The number of hydrogen-bond acceptors (Lipinski definition) is 5. The third kappa shape index (κ3) is 4.21. The second kappa shape index (κ2) is 7.43. The first-order valence-electron chi connectivity index (χ1n) is 7.81. The zero-order chi connectivity index (χ0) is 18.5. The van der Waals surface area contributed by atoms with Gasteiger partial charge in [0.1, 0.15) is 5.75 Å². The van der Waals surface area contributed by atoms with Gasteiger partial charge in [-0.1, -0.05) is 0 Å². The summed E-state index contributed by atoms with van der Waals surface area (Å²) in [6, 6.07) is 16.5. The highest BCUT2D eigenvalue weighted by Gasteiger charge is 2.08. The molecule has 0 aliphatic rings. The first-order valence-corrected chi connectivity index (χ1v) is 7.81. The van der Waals surface area contributed by atoms with Gasteiger partial charge in [-0.25, -0.2) is 0 Å². The molecule has 0 saturated heterocycles. The zero-order valence-electron chi connectivity index (χ0n) is 14.0. The predicted octanol–water partition coefficient (Wildman–Crippen LogP) is 2.93. The molecule has 130 valence electrons. The fraction of sp³-hybridized carbons (Fsp3) is 0.0526. The second-order valence-electron chi connectivity index (χ2n) is 5.54. The van der Waals surface area contributed by atoms with E-state index in [0.717, 1.165) is 5.69 Å². The molecular formula is C19H16N4O3. The number of rotatable bonds is 5. The van der Waals surface area contributed by atoms with Gasteiger partial charge in [-0.2, -0.15) is 5.10 Å². The van der Waals surface area contributed by atoms with Gasteiger partial charge < -0.3 is 15.8 Å². The van der Waals surface area contributed by atoms with Crippen LogP contribution in [-0.2, 0) is 0 Å². The fourth-order valence-electron chi connectivity index (χ4n) is 2.16. The van der Waals surface area contributed by atoms with Gasteiger partial charge in [-0.15, -0.1) is 5.10 Å². The molecule has 0 radical (unpaired) electrons. The third-order valence-corrected chi connectivity index (χ3v) is 3.54. The van der Waals surface area contributed by atoms with Crippen molar-refractivity contribution in [2.45, 2.75) is 6.92 Å². The Morgan fingerprint density at radius 1 is 0.885 bits per heavy atom. The molecule has 0 fully saturated rings. The first-order chi connectivity index (χ1) is 12.5. The van der Waals surface area contributed by atoms with Gasteiger partial charge in [0.2, 0.25) is 11.8 Å². The van der Waals surface area contributed by atoms with E-state index in [1.807, 2.05) is 6.92 Å². The van der Waals surface area contributed by atoms with Crippen LogP contribution in [0.4, 0.5) is 5.69 Å². The van der Waals surface area contributed by atoms with Gasteiger partial charge >= 0.3 is 0 Å². The summed E-state index contributed by atoms with van der Waals surface area (Å²) in [5, 5.41) is 10.6. The van der Waals surface area contributed by atoms with Gasteiger partial charge in [0.05, 0.1) is 5.69 Å². The molecule has 0 aliphatic heterocycles. The molecule has 2 aromatic carbocycles. The Hall–Kier alpha value is -3.74. The van der Waals surface area contributed by atoms with Crippen molar-refractivity contribution < 1.29 is 14.3 Å². The first kappa shape index (κ1) is 17.1. The van der Waals surface area contributed by atoms with Crippen molar-refractivity contribution in [1.82, 2.24) is 10.2 Å². The lowest BCUT2D eigenvalue weighted by Gasteiger charge is -2.07. The summed E-state index contributed by atoms with van der Waals surface area (Å²) in [6.07, 6.45) is 0. The lowest BCUT2D eigenvalue weighted by molar-refractivity contribution is 0.0998. The minimum atomic E-state index is -0.517. The van der Waals surface area contributed by atoms with Gasteiger partial charge in [0.25, 0.3) is 5.91 Å². The van der Waals surface area contributed by atoms with Crippen LogP contribution in [0.25, 0.3) is 0 Å². The van der Waals surface area contributed by atoms with E-state index in [9.17, 15) is 9.59 Å². The van der Waals surface area contributed by atoms with E-state index >= 15 is 0 Å². The Morgan fingerprint density at radius 3 is 2.12 bits per heavy atom. The quantitative estimate of drug-likeness (QED) is 0.737. The fourth-order valence-corrected chi connectivity index (χ4v) is 2.16. The van der Waals surface area contributed by atoms with Crippen molar-refractivity contribution in [3.8, 4) is 11.6 Å². The summed E-state index contributed by atoms with van der Waals surface area (Å²) in [6.45, 7) is 1.84. The van der Waals surface area contributed by atoms with Crippen LogP contribution >= 0.6 is 0 Å². The average Bonchev–Trinajstić information content (AvgIpc) is 2.64. The molecule has 3 aromatic rings. The summed E-state index contributed by atoms with van der Waals surface area (Å²) in [5.74, 6) is 0.128. The number of aryl methyl sites for hydroxylation is 1. The lowest BCUT2D eigenvalue weighted by Crippen LogP contribution is -2.13. The zero-order valence-corrected chi connectivity index (χ0v) is 14.0. The summed E-state index contributed by atoms with van der Waals surface area (Å²) < 4.78 is 5.57. The molecule has 3 rings (SSSR count). The molecule has 1 heterocycles. The maximum absolute atomic E-state index is 12.3. The average molecular weight is 348 g/mol. The number of nitrogens with zero attached hydrogens (tertiary/aromatic N) is 2. The Kier molecular flexibility index (Phi) is 4.89. The molecule has 0 saturated carbocycles. The van der Waals surface area contributed by atoms with Gasteiger partial charge in [-0.3, -0.25) is 9.59 Å². The Balaban J connectivity index is 1.64. The predicted molar refractivity (Wildman–Crippen MR) is 96.2 cm³/mol. The highest BCUT2D eigenvalue weighted by molar-refractivity contribution is 6.04. The number of benzene rings is 2. The highest BCUT2D eigenvalue weighted by atomic mass is 16.5. The number of amides is 2. The van der Waals surface area contributed by atoms with Crippen molar-refractivity contribution in [3.63, 3.8) is 0 Å². The van der Waals surface area contributed by atoms with Crippen molar-refractivity contribution in [2.75, 3.05) is 5.32 Å². The van der Waals surface area contributed by atoms with Gasteiger partial charge in [-0.05, 0) is 61.5 Å². The van der Waals surface area contributed by atoms with Gasteiger partial charge in [0, 0.05) is 22.9 Å². The SMILES string of the molecule is Cc1ccc(Oc2ccc(C(=O)Nc3ccc(C(N)=O)cc3)cc2)nn1. The number of carbonyl (C=O) groups is 2. The molecule has 0 atom stereocenters. The highest BCUT2D eigenvalue weighted by Crippen LogP contribution is 2.20. The number of hydrogen-bond donors (Lipinski definition) is 2. The minimum absolute atomic E-state index is 0.279. The van der Waals surface area contributed by atoms with Crippen LogP contribution in [0.3, 0.4) is 0 Å². The number of nitrogens with two attached hydrogens (primary N) is 1. The van der Waals surface area contributed by atoms with Crippen LogP contribution in [0.2, 0.25) is 0 Å². The second-order valence-corrected chi connectivity index (χ2v) is 5.54.